The zero-order chi connectivity index (χ0) is 14.8. The van der Waals surface area contributed by atoms with Crippen LogP contribution in [-0.4, -0.2) is 13.4 Å². The van der Waals surface area contributed by atoms with Crippen LogP contribution in [0.5, 0.6) is 0 Å². The molecule has 5 nitrogen and oxygen atoms in total. The molecular weight excluding hydrogens is 410 g/mol. The van der Waals surface area contributed by atoms with E-state index in [0.717, 1.165) is 5.56 Å². The van der Waals surface area contributed by atoms with Crippen molar-refractivity contribution in [2.45, 2.75) is 11.4 Å². The molecule has 106 valence electrons. The molecule has 1 aromatic carbocycles. The molecule has 0 fully saturated rings. The standard InChI is InChI=1S/C12H11Br2N3O2S/c13-9-4-10(14)12(11(15)5-9)20(18,19)17-7-8-2-1-3-16-6-8/h1-6,17H,7,15H2. The molecule has 0 aliphatic heterocycles. The van der Waals surface area contributed by atoms with Gasteiger partial charge in [0, 0.05) is 27.9 Å². The number of nitrogens with two attached hydrogens (primary N) is 1. The molecule has 0 saturated heterocycles. The second-order valence-electron chi connectivity index (χ2n) is 3.99. The summed E-state index contributed by atoms with van der Waals surface area (Å²) in [6.07, 6.45) is 3.23. The Hall–Kier alpha value is -0.960. The van der Waals surface area contributed by atoms with Crippen LogP contribution in [0.1, 0.15) is 5.56 Å². The third kappa shape index (κ3) is 3.57. The average molecular weight is 421 g/mol. The number of halogens is 2. The zero-order valence-corrected chi connectivity index (χ0v) is 14.2. The highest BCUT2D eigenvalue weighted by Crippen LogP contribution is 2.31. The largest absolute Gasteiger partial charge is 0.398 e. The van der Waals surface area contributed by atoms with Crippen molar-refractivity contribution in [2.75, 3.05) is 5.73 Å². The van der Waals surface area contributed by atoms with Gasteiger partial charge in [0.15, 0.2) is 0 Å². The summed E-state index contributed by atoms with van der Waals surface area (Å²) in [4.78, 5) is 3.96. The highest BCUT2D eigenvalue weighted by Gasteiger charge is 2.21. The zero-order valence-electron chi connectivity index (χ0n) is 10.2. The van der Waals surface area contributed by atoms with E-state index in [1.54, 1.807) is 36.7 Å². The third-order valence-electron chi connectivity index (χ3n) is 2.49. The van der Waals surface area contributed by atoms with Crippen molar-refractivity contribution in [1.29, 1.82) is 0 Å². The van der Waals surface area contributed by atoms with Gasteiger partial charge in [-0.2, -0.15) is 0 Å². The summed E-state index contributed by atoms with van der Waals surface area (Å²) in [5.41, 5.74) is 6.72. The molecule has 1 aromatic heterocycles. The SMILES string of the molecule is Nc1cc(Br)cc(Br)c1S(=O)(=O)NCc1cccnc1. The monoisotopic (exact) mass is 419 g/mol. The summed E-state index contributed by atoms with van der Waals surface area (Å²) in [5, 5.41) is 0. The van der Waals surface area contributed by atoms with Gasteiger partial charge in [-0.05, 0) is 39.7 Å². The average Bonchev–Trinajstić information content (AvgIpc) is 2.36. The molecule has 0 aliphatic rings. The Bertz CT molecular complexity index is 698. The molecule has 0 unspecified atom stereocenters. The molecule has 0 atom stereocenters. The number of nitrogens with one attached hydrogen (secondary N) is 1. The van der Waals surface area contributed by atoms with Gasteiger partial charge in [0.05, 0.1) is 5.69 Å². The van der Waals surface area contributed by atoms with Crippen molar-refractivity contribution in [3.8, 4) is 0 Å². The van der Waals surface area contributed by atoms with Gasteiger partial charge in [0.25, 0.3) is 0 Å². The van der Waals surface area contributed by atoms with E-state index in [-0.39, 0.29) is 17.1 Å². The Kier molecular flexibility index (Phi) is 4.79. The van der Waals surface area contributed by atoms with Crippen LogP contribution in [0.2, 0.25) is 0 Å². The summed E-state index contributed by atoms with van der Waals surface area (Å²) < 4.78 is 28.2. The highest BCUT2D eigenvalue weighted by molar-refractivity contribution is 9.11. The molecule has 0 amide bonds. The van der Waals surface area contributed by atoms with E-state index in [1.165, 1.54) is 0 Å². The van der Waals surface area contributed by atoms with Crippen molar-refractivity contribution in [2.24, 2.45) is 0 Å². The van der Waals surface area contributed by atoms with Crippen molar-refractivity contribution < 1.29 is 8.42 Å². The van der Waals surface area contributed by atoms with Crippen LogP contribution >= 0.6 is 31.9 Å². The summed E-state index contributed by atoms with van der Waals surface area (Å²) in [7, 11) is -3.71. The van der Waals surface area contributed by atoms with Crippen molar-refractivity contribution >= 4 is 47.6 Å². The van der Waals surface area contributed by atoms with Crippen molar-refractivity contribution in [3.63, 3.8) is 0 Å². The first-order valence-corrected chi connectivity index (χ1v) is 8.60. The number of benzene rings is 1. The fraction of sp³-hybridized carbons (Fsp3) is 0.0833. The molecule has 8 heteroatoms. The maximum Gasteiger partial charge on any atom is 0.244 e. The van der Waals surface area contributed by atoms with E-state index in [4.69, 9.17) is 5.73 Å². The summed E-state index contributed by atoms with van der Waals surface area (Å²) in [6, 6.07) is 6.71. The lowest BCUT2D eigenvalue weighted by atomic mass is 10.3. The lowest BCUT2D eigenvalue weighted by Crippen LogP contribution is -2.24. The summed E-state index contributed by atoms with van der Waals surface area (Å²) in [6.45, 7) is 0.151. The predicted octanol–water partition coefficient (Wildman–Crippen LogP) is 2.67. The Morgan fingerprint density at radius 2 is 2.05 bits per heavy atom. The number of nitrogens with zero attached hydrogens (tertiary/aromatic N) is 1. The molecule has 1 heterocycles. The maximum atomic E-state index is 12.3. The minimum Gasteiger partial charge on any atom is -0.398 e. The molecule has 0 saturated carbocycles. The Morgan fingerprint density at radius 1 is 1.30 bits per heavy atom. The van der Waals surface area contributed by atoms with Crippen LogP contribution in [0.15, 0.2) is 50.5 Å². The van der Waals surface area contributed by atoms with Crippen LogP contribution in [-0.2, 0) is 16.6 Å². The van der Waals surface area contributed by atoms with Crippen LogP contribution < -0.4 is 10.5 Å². The predicted molar refractivity (Wildman–Crippen MR) is 84.5 cm³/mol. The summed E-state index contributed by atoms with van der Waals surface area (Å²) >= 11 is 6.47. The number of nitrogen functional groups attached to an aromatic ring is 1. The Balaban J connectivity index is 2.28. The Morgan fingerprint density at radius 3 is 2.65 bits per heavy atom. The van der Waals surface area contributed by atoms with Gasteiger partial charge in [-0.1, -0.05) is 22.0 Å². The number of aromatic nitrogens is 1. The second kappa shape index (κ2) is 6.21. The lowest BCUT2D eigenvalue weighted by Gasteiger charge is -2.11. The first-order valence-electron chi connectivity index (χ1n) is 5.53. The highest BCUT2D eigenvalue weighted by atomic mass is 79.9. The number of sulfonamides is 1. The maximum absolute atomic E-state index is 12.3. The molecule has 2 aromatic rings. The fourth-order valence-corrected chi connectivity index (χ4v) is 4.70. The van der Waals surface area contributed by atoms with Crippen LogP contribution in [0.4, 0.5) is 5.69 Å². The molecular formula is C12H11Br2N3O2S. The number of hydrogen-bond acceptors (Lipinski definition) is 4. The molecule has 0 aliphatic carbocycles. The quantitative estimate of drug-likeness (QED) is 0.744. The molecule has 20 heavy (non-hydrogen) atoms. The van der Waals surface area contributed by atoms with E-state index in [2.05, 4.69) is 41.6 Å². The molecule has 0 radical (unpaired) electrons. The van der Waals surface area contributed by atoms with Crippen molar-refractivity contribution in [1.82, 2.24) is 9.71 Å². The molecule has 2 rings (SSSR count). The number of pyridine rings is 1. The number of hydrogen-bond donors (Lipinski definition) is 2. The normalized spacial score (nSPS) is 11.5. The van der Waals surface area contributed by atoms with Gasteiger partial charge < -0.3 is 5.73 Å². The molecule has 0 bridgehead atoms. The van der Waals surface area contributed by atoms with Gasteiger partial charge in [0.1, 0.15) is 4.90 Å². The van der Waals surface area contributed by atoms with Crippen molar-refractivity contribution in [3.05, 3.63) is 51.2 Å². The van der Waals surface area contributed by atoms with Gasteiger partial charge in [0.2, 0.25) is 10.0 Å². The second-order valence-corrected chi connectivity index (χ2v) is 7.47. The van der Waals surface area contributed by atoms with Gasteiger partial charge in [-0.25, -0.2) is 13.1 Å². The van der Waals surface area contributed by atoms with Gasteiger partial charge >= 0.3 is 0 Å². The van der Waals surface area contributed by atoms with E-state index in [9.17, 15) is 8.42 Å². The number of rotatable bonds is 4. The van der Waals surface area contributed by atoms with Crippen LogP contribution in [0, 0.1) is 0 Å². The van der Waals surface area contributed by atoms with Gasteiger partial charge in [-0.15, -0.1) is 0 Å². The number of anilines is 1. The third-order valence-corrected chi connectivity index (χ3v) is 5.36. The van der Waals surface area contributed by atoms with Crippen LogP contribution in [0.25, 0.3) is 0 Å². The first-order chi connectivity index (χ1) is 9.40. The Labute approximate surface area is 133 Å². The van der Waals surface area contributed by atoms with E-state index in [0.29, 0.717) is 8.95 Å². The summed E-state index contributed by atoms with van der Waals surface area (Å²) in [5.74, 6) is 0. The molecule has 0 spiro atoms. The van der Waals surface area contributed by atoms with E-state index < -0.39 is 10.0 Å². The van der Waals surface area contributed by atoms with E-state index in [1.807, 2.05) is 0 Å². The smallest absolute Gasteiger partial charge is 0.244 e. The topological polar surface area (TPSA) is 85.1 Å². The van der Waals surface area contributed by atoms with Gasteiger partial charge in [-0.3, -0.25) is 4.98 Å². The van der Waals surface area contributed by atoms with Crippen LogP contribution in [0.3, 0.4) is 0 Å². The fourth-order valence-electron chi connectivity index (χ4n) is 1.62. The lowest BCUT2D eigenvalue weighted by molar-refractivity contribution is 0.581. The first kappa shape index (κ1) is 15.4. The molecule has 3 N–H and O–H groups in total. The minimum absolute atomic E-state index is 0.0320. The van der Waals surface area contributed by atoms with E-state index >= 15 is 0 Å². The minimum atomic E-state index is -3.71.